The summed E-state index contributed by atoms with van der Waals surface area (Å²) in [6, 6.07) is 9.39. The normalized spacial score (nSPS) is 9.88. The summed E-state index contributed by atoms with van der Waals surface area (Å²) in [6.45, 7) is -0.834. The second kappa shape index (κ2) is 8.64. The fourth-order valence-corrected chi connectivity index (χ4v) is 1.80. The number of aldehydes is 1. The number of carbonyl (C=O) groups excluding carboxylic acids is 3. The minimum absolute atomic E-state index is 0.138. The third kappa shape index (κ3) is 5.36. The van der Waals surface area contributed by atoms with Crippen LogP contribution in [-0.2, 0) is 14.3 Å². The molecule has 0 bridgehead atoms. The fourth-order valence-electron chi connectivity index (χ4n) is 1.64. The van der Waals surface area contributed by atoms with Crippen molar-refractivity contribution in [1.29, 1.82) is 0 Å². The first-order valence-corrected chi connectivity index (χ1v) is 7.20. The fraction of sp³-hybridized carbons (Fsp3) is 0.125. The first-order chi connectivity index (χ1) is 11.6. The van der Waals surface area contributed by atoms with Gasteiger partial charge >= 0.3 is 5.97 Å². The number of nitrogens with one attached hydrogen (secondary N) is 1. The number of benzene rings is 1. The van der Waals surface area contributed by atoms with Gasteiger partial charge in [-0.15, -0.1) is 0 Å². The van der Waals surface area contributed by atoms with Crippen molar-refractivity contribution in [3.05, 3.63) is 53.3 Å². The lowest BCUT2D eigenvalue weighted by atomic mass is 10.2. The van der Waals surface area contributed by atoms with Crippen LogP contribution in [0.4, 0.5) is 5.69 Å². The summed E-state index contributed by atoms with van der Waals surface area (Å²) in [5, 5.41) is 2.61. The summed E-state index contributed by atoms with van der Waals surface area (Å²) < 4.78 is 9.97. The van der Waals surface area contributed by atoms with Crippen molar-refractivity contribution in [2.24, 2.45) is 0 Å². The molecule has 0 saturated heterocycles. The van der Waals surface area contributed by atoms with Crippen molar-refractivity contribution in [3.8, 4) is 5.75 Å². The highest BCUT2D eigenvalue weighted by atomic mass is 35.5. The molecule has 1 N–H and O–H groups in total. The SMILES string of the molecule is O=Cc1ccc(OCC(=O)OCC(=O)Nc2cccnc2Cl)cc1. The highest BCUT2D eigenvalue weighted by Crippen LogP contribution is 2.17. The molecule has 1 heterocycles. The molecule has 0 unspecified atom stereocenters. The first-order valence-electron chi connectivity index (χ1n) is 6.82. The number of carbonyl (C=O) groups is 3. The number of hydrogen-bond acceptors (Lipinski definition) is 6. The molecule has 0 radical (unpaired) electrons. The van der Waals surface area contributed by atoms with Gasteiger partial charge in [0, 0.05) is 11.8 Å². The summed E-state index contributed by atoms with van der Waals surface area (Å²) in [4.78, 5) is 37.5. The maximum absolute atomic E-state index is 11.7. The van der Waals surface area contributed by atoms with E-state index in [9.17, 15) is 14.4 Å². The number of halogens is 1. The predicted molar refractivity (Wildman–Crippen MR) is 86.2 cm³/mol. The molecule has 124 valence electrons. The van der Waals surface area contributed by atoms with E-state index in [0.29, 0.717) is 23.3 Å². The summed E-state index contributed by atoms with van der Waals surface area (Å²) >= 11 is 5.79. The number of esters is 1. The highest BCUT2D eigenvalue weighted by molar-refractivity contribution is 6.32. The van der Waals surface area contributed by atoms with Crippen LogP contribution in [0.25, 0.3) is 0 Å². The minimum atomic E-state index is -0.707. The Morgan fingerprint density at radius 2 is 1.92 bits per heavy atom. The maximum Gasteiger partial charge on any atom is 0.344 e. The van der Waals surface area contributed by atoms with E-state index in [1.807, 2.05) is 0 Å². The molecule has 0 aliphatic carbocycles. The van der Waals surface area contributed by atoms with E-state index < -0.39 is 18.5 Å². The number of amides is 1. The van der Waals surface area contributed by atoms with Crippen LogP contribution < -0.4 is 10.1 Å². The summed E-state index contributed by atoms with van der Waals surface area (Å²) in [6.07, 6.45) is 2.18. The van der Waals surface area contributed by atoms with Gasteiger partial charge in [0.2, 0.25) is 0 Å². The van der Waals surface area contributed by atoms with Crippen LogP contribution in [0.1, 0.15) is 10.4 Å². The molecular weight excluding hydrogens is 336 g/mol. The van der Waals surface area contributed by atoms with E-state index in [2.05, 4.69) is 10.3 Å². The predicted octanol–water partition coefficient (Wildman–Crippen LogP) is 2.11. The van der Waals surface area contributed by atoms with Gasteiger partial charge in [0.1, 0.15) is 12.0 Å². The molecule has 7 nitrogen and oxygen atoms in total. The van der Waals surface area contributed by atoms with Gasteiger partial charge in [0.25, 0.3) is 5.91 Å². The molecule has 0 atom stereocenters. The third-order valence-corrected chi connectivity index (χ3v) is 3.07. The Bertz CT molecular complexity index is 734. The number of ether oxygens (including phenoxy) is 2. The standard InChI is InChI=1S/C16H13ClN2O5/c17-16-13(2-1-7-18-16)19-14(21)9-24-15(22)10-23-12-5-3-11(8-20)4-6-12/h1-8H,9-10H2,(H,19,21). The Balaban J connectivity index is 1.73. The molecule has 2 rings (SSSR count). The number of anilines is 1. The van der Waals surface area contributed by atoms with Gasteiger partial charge < -0.3 is 14.8 Å². The topological polar surface area (TPSA) is 94.6 Å². The lowest BCUT2D eigenvalue weighted by Gasteiger charge is -2.08. The van der Waals surface area contributed by atoms with Gasteiger partial charge in [0.05, 0.1) is 5.69 Å². The van der Waals surface area contributed by atoms with E-state index in [1.165, 1.54) is 6.20 Å². The van der Waals surface area contributed by atoms with Crippen LogP contribution in [0, 0.1) is 0 Å². The lowest BCUT2D eigenvalue weighted by molar-refractivity contribution is -0.149. The van der Waals surface area contributed by atoms with Gasteiger partial charge in [0.15, 0.2) is 18.4 Å². The van der Waals surface area contributed by atoms with Gasteiger partial charge in [-0.05, 0) is 36.4 Å². The van der Waals surface area contributed by atoms with Gasteiger partial charge in [-0.3, -0.25) is 9.59 Å². The summed E-state index contributed by atoms with van der Waals surface area (Å²) in [5.74, 6) is -0.848. The molecule has 0 fully saturated rings. The van der Waals surface area contributed by atoms with Crippen LogP contribution in [-0.4, -0.2) is 36.4 Å². The van der Waals surface area contributed by atoms with E-state index in [-0.39, 0.29) is 11.8 Å². The van der Waals surface area contributed by atoms with Crippen molar-refractivity contribution in [3.63, 3.8) is 0 Å². The van der Waals surface area contributed by atoms with Crippen LogP contribution >= 0.6 is 11.6 Å². The molecule has 24 heavy (non-hydrogen) atoms. The highest BCUT2D eigenvalue weighted by Gasteiger charge is 2.10. The maximum atomic E-state index is 11.7. The molecule has 0 aliphatic rings. The van der Waals surface area contributed by atoms with Crippen molar-refractivity contribution >= 4 is 35.5 Å². The zero-order valence-electron chi connectivity index (χ0n) is 12.4. The lowest BCUT2D eigenvalue weighted by Crippen LogP contribution is -2.23. The smallest absolute Gasteiger partial charge is 0.344 e. The Labute approximate surface area is 142 Å². The summed E-state index contributed by atoms with van der Waals surface area (Å²) in [5.41, 5.74) is 0.822. The summed E-state index contributed by atoms with van der Waals surface area (Å²) in [7, 11) is 0. The molecule has 0 aliphatic heterocycles. The monoisotopic (exact) mass is 348 g/mol. The van der Waals surface area contributed by atoms with Crippen molar-refractivity contribution in [2.75, 3.05) is 18.5 Å². The third-order valence-electron chi connectivity index (χ3n) is 2.77. The molecule has 2 aromatic rings. The second-order valence-corrected chi connectivity index (χ2v) is 4.88. The van der Waals surface area contributed by atoms with E-state index in [0.717, 1.165) is 0 Å². The quantitative estimate of drug-likeness (QED) is 0.468. The van der Waals surface area contributed by atoms with E-state index in [1.54, 1.807) is 36.4 Å². The average molecular weight is 349 g/mol. The zero-order valence-corrected chi connectivity index (χ0v) is 13.2. The molecular formula is C16H13ClN2O5. The molecule has 0 spiro atoms. The van der Waals surface area contributed by atoms with Crippen molar-refractivity contribution < 1.29 is 23.9 Å². The van der Waals surface area contributed by atoms with Gasteiger partial charge in [-0.1, -0.05) is 11.6 Å². The number of rotatable bonds is 7. The molecule has 1 aromatic carbocycles. The Kier molecular flexibility index (Phi) is 6.27. The number of nitrogens with zero attached hydrogens (tertiary/aromatic N) is 1. The van der Waals surface area contributed by atoms with Gasteiger partial charge in [-0.2, -0.15) is 0 Å². The number of aromatic nitrogens is 1. The average Bonchev–Trinajstić information content (AvgIpc) is 2.60. The number of pyridine rings is 1. The second-order valence-electron chi connectivity index (χ2n) is 4.53. The Morgan fingerprint density at radius 1 is 1.17 bits per heavy atom. The van der Waals surface area contributed by atoms with E-state index in [4.69, 9.17) is 21.1 Å². The Morgan fingerprint density at radius 3 is 2.58 bits per heavy atom. The van der Waals surface area contributed by atoms with Gasteiger partial charge in [-0.25, -0.2) is 9.78 Å². The minimum Gasteiger partial charge on any atom is -0.482 e. The molecule has 8 heteroatoms. The Hall–Kier alpha value is -2.93. The van der Waals surface area contributed by atoms with Crippen LogP contribution in [0.5, 0.6) is 5.75 Å². The van der Waals surface area contributed by atoms with E-state index >= 15 is 0 Å². The zero-order chi connectivity index (χ0) is 17.4. The van der Waals surface area contributed by atoms with Crippen LogP contribution in [0.2, 0.25) is 5.15 Å². The van der Waals surface area contributed by atoms with Crippen LogP contribution in [0.15, 0.2) is 42.6 Å². The molecule has 1 amide bonds. The van der Waals surface area contributed by atoms with Crippen molar-refractivity contribution in [1.82, 2.24) is 4.98 Å². The largest absolute Gasteiger partial charge is 0.482 e. The molecule has 0 saturated carbocycles. The van der Waals surface area contributed by atoms with Crippen LogP contribution in [0.3, 0.4) is 0 Å². The first kappa shape index (κ1) is 17.4. The molecule has 1 aromatic heterocycles. The number of hydrogen-bond donors (Lipinski definition) is 1. The van der Waals surface area contributed by atoms with Crippen molar-refractivity contribution in [2.45, 2.75) is 0 Å².